The minimum absolute atomic E-state index is 0.101. The van der Waals surface area contributed by atoms with Crippen molar-refractivity contribution >= 4 is 5.91 Å². The van der Waals surface area contributed by atoms with Crippen molar-refractivity contribution in [2.75, 3.05) is 13.1 Å². The van der Waals surface area contributed by atoms with Crippen molar-refractivity contribution in [2.45, 2.75) is 46.1 Å². The van der Waals surface area contributed by atoms with Crippen molar-refractivity contribution in [3.63, 3.8) is 0 Å². The number of benzene rings is 1. The third-order valence-corrected chi connectivity index (χ3v) is 5.06. The highest BCUT2D eigenvalue weighted by Crippen LogP contribution is 2.23. The van der Waals surface area contributed by atoms with E-state index in [1.165, 1.54) is 12.1 Å². The predicted molar refractivity (Wildman–Crippen MR) is 96.0 cm³/mol. The van der Waals surface area contributed by atoms with Crippen LogP contribution in [0.15, 0.2) is 30.5 Å². The highest BCUT2D eigenvalue weighted by Gasteiger charge is 2.26. The summed E-state index contributed by atoms with van der Waals surface area (Å²) in [6.07, 6.45) is 6.02. The van der Waals surface area contributed by atoms with Crippen molar-refractivity contribution < 1.29 is 9.18 Å². The van der Waals surface area contributed by atoms with Gasteiger partial charge in [0.2, 0.25) is 0 Å². The zero-order valence-corrected chi connectivity index (χ0v) is 15.0. The van der Waals surface area contributed by atoms with Gasteiger partial charge in [0.1, 0.15) is 5.82 Å². The molecule has 1 saturated heterocycles. The lowest BCUT2D eigenvalue weighted by Crippen LogP contribution is -2.40. The van der Waals surface area contributed by atoms with Crippen molar-refractivity contribution in [3.8, 4) is 0 Å². The Balaban J connectivity index is 1.59. The summed E-state index contributed by atoms with van der Waals surface area (Å²) < 4.78 is 14.8. The van der Waals surface area contributed by atoms with Gasteiger partial charge in [0.05, 0.1) is 11.3 Å². The minimum Gasteiger partial charge on any atom is -0.338 e. The molecule has 4 nitrogen and oxygen atoms in total. The quantitative estimate of drug-likeness (QED) is 0.827. The van der Waals surface area contributed by atoms with Crippen molar-refractivity contribution in [3.05, 3.63) is 53.1 Å². The number of aryl methyl sites for hydroxylation is 3. The summed E-state index contributed by atoms with van der Waals surface area (Å²) in [6.45, 7) is 6.32. The number of likely N-dealkylation sites (tertiary alicyclic amines) is 1. The normalized spacial score (nSPS) is 17.7. The first-order valence-electron chi connectivity index (χ1n) is 9.14. The van der Waals surface area contributed by atoms with E-state index in [1.54, 1.807) is 0 Å². The van der Waals surface area contributed by atoms with Gasteiger partial charge in [0.15, 0.2) is 0 Å². The first-order valence-corrected chi connectivity index (χ1v) is 9.14. The summed E-state index contributed by atoms with van der Waals surface area (Å²) in [6, 6.07) is 6.73. The predicted octanol–water partition coefficient (Wildman–Crippen LogP) is 3.84. The molecule has 2 heterocycles. The Bertz CT molecular complexity index is 723. The SMILES string of the molecule is CCn1cc(C(=O)N2CCC[C@@H](CCc3ccc(F)cc3)C2)c(C)n1. The zero-order chi connectivity index (χ0) is 17.8. The third-order valence-electron chi connectivity index (χ3n) is 5.06. The van der Waals surface area contributed by atoms with Gasteiger partial charge < -0.3 is 4.90 Å². The van der Waals surface area contributed by atoms with Crippen molar-refractivity contribution in [1.29, 1.82) is 0 Å². The second kappa shape index (κ2) is 7.81. The van der Waals surface area contributed by atoms with E-state index < -0.39 is 0 Å². The molecule has 25 heavy (non-hydrogen) atoms. The maximum absolute atomic E-state index is 13.0. The van der Waals surface area contributed by atoms with Gasteiger partial charge in [-0.2, -0.15) is 5.10 Å². The van der Waals surface area contributed by atoms with Crippen LogP contribution in [0.2, 0.25) is 0 Å². The largest absolute Gasteiger partial charge is 0.338 e. The molecular weight excluding hydrogens is 317 g/mol. The highest BCUT2D eigenvalue weighted by molar-refractivity contribution is 5.95. The van der Waals surface area contributed by atoms with Crippen molar-refractivity contribution in [2.24, 2.45) is 5.92 Å². The van der Waals surface area contributed by atoms with E-state index in [-0.39, 0.29) is 11.7 Å². The molecule has 0 radical (unpaired) electrons. The molecule has 1 aliphatic rings. The van der Waals surface area contributed by atoms with Crippen LogP contribution in [0, 0.1) is 18.7 Å². The van der Waals surface area contributed by atoms with Gasteiger partial charge in [0, 0.05) is 25.8 Å². The summed E-state index contributed by atoms with van der Waals surface area (Å²) in [5.41, 5.74) is 2.69. The van der Waals surface area contributed by atoms with E-state index in [9.17, 15) is 9.18 Å². The fourth-order valence-electron chi connectivity index (χ4n) is 3.57. The van der Waals surface area contributed by atoms with E-state index in [0.717, 1.165) is 62.1 Å². The molecule has 0 N–H and O–H groups in total. The van der Waals surface area contributed by atoms with Crippen molar-refractivity contribution in [1.82, 2.24) is 14.7 Å². The summed E-state index contributed by atoms with van der Waals surface area (Å²) in [7, 11) is 0. The first-order chi connectivity index (χ1) is 12.1. The Kier molecular flexibility index (Phi) is 5.51. The second-order valence-electron chi connectivity index (χ2n) is 6.91. The number of amides is 1. The van der Waals surface area contributed by atoms with Crippen LogP contribution in [-0.4, -0.2) is 33.7 Å². The average molecular weight is 343 g/mol. The lowest BCUT2D eigenvalue weighted by Gasteiger charge is -2.32. The topological polar surface area (TPSA) is 38.1 Å². The highest BCUT2D eigenvalue weighted by atomic mass is 19.1. The average Bonchev–Trinajstić information content (AvgIpc) is 3.02. The maximum atomic E-state index is 13.0. The van der Waals surface area contributed by atoms with Gasteiger partial charge in [-0.25, -0.2) is 4.39 Å². The standard InChI is InChI=1S/C20H26FN3O/c1-3-24-14-19(15(2)22-24)20(25)23-12-4-5-17(13-23)7-6-16-8-10-18(21)11-9-16/h8-11,14,17H,3-7,12-13H2,1-2H3/t17-/m0/s1. The molecule has 1 aliphatic heterocycles. The van der Waals surface area contributed by atoms with Gasteiger partial charge in [-0.3, -0.25) is 9.48 Å². The van der Waals surface area contributed by atoms with Gasteiger partial charge in [-0.05, 0) is 63.1 Å². The number of hydrogen-bond acceptors (Lipinski definition) is 2. The van der Waals surface area contributed by atoms with E-state index in [1.807, 2.05) is 41.8 Å². The second-order valence-corrected chi connectivity index (χ2v) is 6.91. The minimum atomic E-state index is -0.193. The molecule has 1 aromatic heterocycles. The number of nitrogens with zero attached hydrogens (tertiary/aromatic N) is 3. The molecule has 0 aliphatic carbocycles. The van der Waals surface area contributed by atoms with Crippen LogP contribution < -0.4 is 0 Å². The van der Waals surface area contributed by atoms with Crippen LogP contribution in [0.1, 0.15) is 47.8 Å². The number of rotatable bonds is 5. The maximum Gasteiger partial charge on any atom is 0.257 e. The Labute approximate surface area is 148 Å². The van der Waals surface area contributed by atoms with E-state index in [0.29, 0.717) is 5.92 Å². The summed E-state index contributed by atoms with van der Waals surface area (Å²) in [5, 5.41) is 4.39. The Morgan fingerprint density at radius 1 is 1.32 bits per heavy atom. The van der Waals surface area contributed by atoms with Crippen LogP contribution in [-0.2, 0) is 13.0 Å². The van der Waals surface area contributed by atoms with Crippen LogP contribution in [0.5, 0.6) is 0 Å². The first kappa shape index (κ1) is 17.6. The van der Waals surface area contributed by atoms with Gasteiger partial charge in [0.25, 0.3) is 5.91 Å². The Morgan fingerprint density at radius 2 is 2.08 bits per heavy atom. The Morgan fingerprint density at radius 3 is 2.76 bits per heavy atom. The molecule has 3 rings (SSSR count). The summed E-state index contributed by atoms with van der Waals surface area (Å²) in [4.78, 5) is 14.8. The number of halogens is 1. The molecule has 2 aromatic rings. The summed E-state index contributed by atoms with van der Waals surface area (Å²) >= 11 is 0. The fourth-order valence-corrected chi connectivity index (χ4v) is 3.57. The molecule has 0 saturated carbocycles. The number of aromatic nitrogens is 2. The van der Waals surface area contributed by atoms with Gasteiger partial charge in [-0.15, -0.1) is 0 Å². The number of carbonyl (C=O) groups excluding carboxylic acids is 1. The lowest BCUT2D eigenvalue weighted by atomic mass is 9.91. The molecular formula is C20H26FN3O. The van der Waals surface area contributed by atoms with Crippen LogP contribution >= 0.6 is 0 Å². The zero-order valence-electron chi connectivity index (χ0n) is 15.0. The summed E-state index contributed by atoms with van der Waals surface area (Å²) in [5.74, 6) is 0.411. The smallest absolute Gasteiger partial charge is 0.257 e. The monoisotopic (exact) mass is 343 g/mol. The molecule has 1 aromatic carbocycles. The third kappa shape index (κ3) is 4.27. The molecule has 0 unspecified atom stereocenters. The van der Waals surface area contributed by atoms with Crippen LogP contribution in [0.25, 0.3) is 0 Å². The molecule has 0 bridgehead atoms. The molecule has 1 atom stereocenters. The van der Waals surface area contributed by atoms with Crippen LogP contribution in [0.3, 0.4) is 0 Å². The van der Waals surface area contributed by atoms with E-state index >= 15 is 0 Å². The van der Waals surface area contributed by atoms with Gasteiger partial charge >= 0.3 is 0 Å². The number of piperidine rings is 1. The molecule has 134 valence electrons. The van der Waals surface area contributed by atoms with Crippen LogP contribution in [0.4, 0.5) is 4.39 Å². The lowest BCUT2D eigenvalue weighted by molar-refractivity contribution is 0.0667. The number of carbonyl (C=O) groups is 1. The molecule has 5 heteroatoms. The van der Waals surface area contributed by atoms with E-state index in [2.05, 4.69) is 5.10 Å². The fraction of sp³-hybridized carbons (Fsp3) is 0.500. The number of hydrogen-bond donors (Lipinski definition) is 0. The molecule has 1 amide bonds. The van der Waals surface area contributed by atoms with Gasteiger partial charge in [-0.1, -0.05) is 12.1 Å². The van der Waals surface area contributed by atoms with E-state index in [4.69, 9.17) is 0 Å². The molecule has 1 fully saturated rings. The molecule has 0 spiro atoms. The Hall–Kier alpha value is -2.17.